The Bertz CT molecular complexity index is 1030. The zero-order valence-corrected chi connectivity index (χ0v) is 20.0. The summed E-state index contributed by atoms with van der Waals surface area (Å²) in [5.41, 5.74) is -0.793. The molecule has 10 heteroatoms. The van der Waals surface area contributed by atoms with E-state index in [-0.39, 0.29) is 31.9 Å². The number of aromatic nitrogens is 2. The molecular weight excluding hydrogens is 498 g/mol. The van der Waals surface area contributed by atoms with Gasteiger partial charge in [-0.1, -0.05) is 11.6 Å². The molecule has 0 saturated carbocycles. The molecule has 0 N–H and O–H groups in total. The summed E-state index contributed by atoms with van der Waals surface area (Å²) in [5.74, 6) is -0.0561. The lowest BCUT2D eigenvalue weighted by Gasteiger charge is -2.36. The van der Waals surface area contributed by atoms with Crippen LogP contribution in [-0.2, 0) is 4.74 Å². The van der Waals surface area contributed by atoms with Crippen LogP contribution in [0.25, 0.3) is 10.9 Å². The van der Waals surface area contributed by atoms with E-state index in [1.165, 1.54) is 0 Å². The van der Waals surface area contributed by atoms with Crippen molar-refractivity contribution in [3.8, 4) is 0 Å². The lowest BCUT2D eigenvalue weighted by Crippen LogP contribution is -2.50. The molecule has 0 aliphatic carbocycles. The molecule has 2 saturated heterocycles. The van der Waals surface area contributed by atoms with Crippen LogP contribution in [0.1, 0.15) is 40.0 Å². The summed E-state index contributed by atoms with van der Waals surface area (Å²) < 4.78 is 20.5. The van der Waals surface area contributed by atoms with Crippen molar-refractivity contribution in [2.24, 2.45) is 0 Å². The van der Waals surface area contributed by atoms with Gasteiger partial charge in [-0.3, -0.25) is 0 Å². The van der Waals surface area contributed by atoms with Crippen LogP contribution >= 0.6 is 39.1 Å². The van der Waals surface area contributed by atoms with E-state index >= 15 is 0 Å². The van der Waals surface area contributed by atoms with Crippen LogP contribution in [0.5, 0.6) is 0 Å². The number of carbonyl (C=O) groups excluding carboxylic acids is 1. The predicted octanol–water partition coefficient (Wildman–Crippen LogP) is 5.82. The van der Waals surface area contributed by atoms with Gasteiger partial charge in [0.15, 0.2) is 5.82 Å². The van der Waals surface area contributed by atoms with E-state index in [4.69, 9.17) is 27.9 Å². The van der Waals surface area contributed by atoms with E-state index in [0.29, 0.717) is 30.8 Å². The average molecular weight is 520 g/mol. The van der Waals surface area contributed by atoms with Gasteiger partial charge in [0.25, 0.3) is 0 Å². The second-order valence-electron chi connectivity index (χ2n) is 8.83. The van der Waals surface area contributed by atoms with Crippen molar-refractivity contribution in [3.63, 3.8) is 0 Å². The second kappa shape index (κ2) is 7.64. The number of benzene rings is 1. The molecule has 4 rings (SSSR count). The molecule has 2 fully saturated rings. The number of amides is 1. The quantitative estimate of drug-likeness (QED) is 0.351. The zero-order chi connectivity index (χ0) is 21.8. The van der Waals surface area contributed by atoms with E-state index < -0.39 is 11.4 Å². The highest BCUT2D eigenvalue weighted by Gasteiger charge is 2.50. The molecule has 30 heavy (non-hydrogen) atoms. The molecule has 1 unspecified atom stereocenters. The molecule has 3 heterocycles. The van der Waals surface area contributed by atoms with Crippen molar-refractivity contribution in [2.45, 2.75) is 51.2 Å². The first-order chi connectivity index (χ1) is 14.0. The van der Waals surface area contributed by atoms with Gasteiger partial charge in [0.1, 0.15) is 16.9 Å². The number of likely N-dealkylation sites (tertiary alicyclic amines) is 1. The first kappa shape index (κ1) is 21.8. The molecule has 2 aliphatic rings. The third kappa shape index (κ3) is 3.82. The molecule has 1 amide bonds. The van der Waals surface area contributed by atoms with Gasteiger partial charge in [-0.2, -0.15) is 4.98 Å². The molecule has 1 aromatic carbocycles. The number of anilines is 1. The Labute approximate surface area is 192 Å². The maximum absolute atomic E-state index is 14.8. The minimum Gasteiger partial charge on any atom is -0.444 e. The highest BCUT2D eigenvalue weighted by Crippen LogP contribution is 2.42. The fraction of sp³-hybridized carbons (Fsp3) is 0.550. The van der Waals surface area contributed by atoms with E-state index in [0.717, 1.165) is 19.3 Å². The molecule has 0 bridgehead atoms. The Morgan fingerprint density at radius 3 is 2.70 bits per heavy atom. The van der Waals surface area contributed by atoms with Gasteiger partial charge in [0.05, 0.1) is 15.0 Å². The molecule has 6 nitrogen and oxygen atoms in total. The number of ether oxygens (including phenoxy) is 1. The van der Waals surface area contributed by atoms with Gasteiger partial charge in [0, 0.05) is 25.0 Å². The van der Waals surface area contributed by atoms with Gasteiger partial charge < -0.3 is 14.5 Å². The maximum atomic E-state index is 14.8. The van der Waals surface area contributed by atoms with Crippen molar-refractivity contribution in [1.82, 2.24) is 14.9 Å². The topological polar surface area (TPSA) is 58.6 Å². The Balaban J connectivity index is 1.69. The summed E-state index contributed by atoms with van der Waals surface area (Å²) in [4.78, 5) is 25.1. The van der Waals surface area contributed by atoms with Crippen LogP contribution in [0, 0.1) is 5.82 Å². The minimum absolute atomic E-state index is 0.0398. The van der Waals surface area contributed by atoms with Gasteiger partial charge in [-0.25, -0.2) is 14.2 Å². The highest BCUT2D eigenvalue weighted by molar-refractivity contribution is 9.10. The van der Waals surface area contributed by atoms with Gasteiger partial charge in [-0.15, -0.1) is 0 Å². The van der Waals surface area contributed by atoms with Crippen LogP contribution < -0.4 is 4.90 Å². The monoisotopic (exact) mass is 518 g/mol. The molecule has 1 aromatic heterocycles. The van der Waals surface area contributed by atoms with Gasteiger partial charge in [-0.05, 0) is 73.6 Å². The molecule has 162 valence electrons. The van der Waals surface area contributed by atoms with Crippen molar-refractivity contribution < 1.29 is 13.9 Å². The van der Waals surface area contributed by atoms with Crippen molar-refractivity contribution in [2.75, 3.05) is 24.5 Å². The van der Waals surface area contributed by atoms with Crippen LogP contribution in [0.15, 0.2) is 10.5 Å². The standard InChI is InChI=1S/C20H22BrCl2FN4O2/c1-19(2,3)30-18(29)28-7-4-5-20(28)6-8-27(10-20)16-11-9-12(22)13(21)14(24)15(11)25-17(23)26-16/h9H,4-8,10H2,1-3H3. The van der Waals surface area contributed by atoms with E-state index in [9.17, 15) is 9.18 Å². The Morgan fingerprint density at radius 2 is 2.00 bits per heavy atom. The Morgan fingerprint density at radius 1 is 1.27 bits per heavy atom. The number of halogens is 4. The summed E-state index contributed by atoms with van der Waals surface area (Å²) in [5, 5.41) is 0.684. The van der Waals surface area contributed by atoms with Crippen molar-refractivity contribution in [3.05, 3.63) is 26.7 Å². The lowest BCUT2D eigenvalue weighted by molar-refractivity contribution is 0.0111. The molecule has 0 radical (unpaired) electrons. The van der Waals surface area contributed by atoms with Crippen molar-refractivity contribution in [1.29, 1.82) is 0 Å². The number of rotatable bonds is 1. The first-order valence-corrected chi connectivity index (χ1v) is 11.3. The SMILES string of the molecule is CC(C)(C)OC(=O)N1CCCC12CCN(c1nc(Cl)nc3c(F)c(Br)c(Cl)cc13)C2. The van der Waals surface area contributed by atoms with Crippen LogP contribution in [-0.4, -0.2) is 51.7 Å². The number of nitrogens with zero attached hydrogens (tertiary/aromatic N) is 4. The van der Waals surface area contributed by atoms with E-state index in [2.05, 4.69) is 25.9 Å². The van der Waals surface area contributed by atoms with Crippen LogP contribution in [0.4, 0.5) is 15.0 Å². The summed E-state index contributed by atoms with van der Waals surface area (Å²) in [7, 11) is 0. The second-order valence-corrected chi connectivity index (χ2v) is 10.4. The lowest BCUT2D eigenvalue weighted by atomic mass is 9.95. The maximum Gasteiger partial charge on any atom is 0.410 e. The fourth-order valence-corrected chi connectivity index (χ4v) is 5.03. The third-order valence-electron chi connectivity index (χ3n) is 5.62. The number of hydrogen-bond donors (Lipinski definition) is 0. The number of carbonyl (C=O) groups is 1. The summed E-state index contributed by atoms with van der Waals surface area (Å²) in [6, 6.07) is 1.64. The molecule has 2 aromatic rings. The van der Waals surface area contributed by atoms with E-state index in [1.807, 2.05) is 30.6 Å². The highest BCUT2D eigenvalue weighted by atomic mass is 79.9. The van der Waals surface area contributed by atoms with Crippen molar-refractivity contribution >= 4 is 61.9 Å². The van der Waals surface area contributed by atoms with Crippen LogP contribution in [0.2, 0.25) is 10.3 Å². The average Bonchev–Trinajstić information content (AvgIpc) is 3.26. The summed E-state index contributed by atoms with van der Waals surface area (Å²) >= 11 is 15.5. The number of fused-ring (bicyclic) bond motifs is 1. The van der Waals surface area contributed by atoms with Gasteiger partial charge >= 0.3 is 6.09 Å². The van der Waals surface area contributed by atoms with E-state index in [1.54, 1.807) is 6.07 Å². The predicted molar refractivity (Wildman–Crippen MR) is 119 cm³/mol. The Hall–Kier alpha value is -1.38. The molecular formula is C20H22BrCl2FN4O2. The largest absolute Gasteiger partial charge is 0.444 e. The molecule has 1 spiro atoms. The van der Waals surface area contributed by atoms with Gasteiger partial charge in [0.2, 0.25) is 5.28 Å². The zero-order valence-electron chi connectivity index (χ0n) is 16.9. The Kier molecular flexibility index (Phi) is 5.56. The smallest absolute Gasteiger partial charge is 0.410 e. The third-order valence-corrected chi connectivity index (χ3v) is 7.09. The molecule has 1 atom stereocenters. The van der Waals surface area contributed by atoms with Crippen LogP contribution in [0.3, 0.4) is 0 Å². The first-order valence-electron chi connectivity index (χ1n) is 9.77. The number of hydrogen-bond acceptors (Lipinski definition) is 5. The normalized spacial score (nSPS) is 21.8. The fourth-order valence-electron chi connectivity index (χ4n) is 4.37. The molecule has 2 aliphatic heterocycles. The summed E-state index contributed by atoms with van der Waals surface area (Å²) in [6.07, 6.45) is 2.25. The minimum atomic E-state index is -0.576. The summed E-state index contributed by atoms with van der Waals surface area (Å²) in [6.45, 7) is 7.45.